The lowest BCUT2D eigenvalue weighted by Crippen LogP contribution is -2.26. The molecule has 2 aromatic heterocycles. The molecule has 136 valence electrons. The van der Waals surface area contributed by atoms with Crippen LogP contribution in [0.5, 0.6) is 0 Å². The highest BCUT2D eigenvalue weighted by Crippen LogP contribution is 2.28. The molecule has 26 heavy (non-hydrogen) atoms. The van der Waals surface area contributed by atoms with Gasteiger partial charge in [-0.05, 0) is 44.2 Å². The molecule has 0 atom stereocenters. The van der Waals surface area contributed by atoms with Gasteiger partial charge in [0.25, 0.3) is 5.56 Å². The van der Waals surface area contributed by atoms with Crippen LogP contribution in [0.25, 0.3) is 4.96 Å². The van der Waals surface area contributed by atoms with E-state index in [2.05, 4.69) is 36.1 Å². The number of aromatic nitrogens is 2. The van der Waals surface area contributed by atoms with Gasteiger partial charge >= 0.3 is 0 Å². The van der Waals surface area contributed by atoms with E-state index in [-0.39, 0.29) is 5.56 Å². The highest BCUT2D eigenvalue weighted by Gasteiger charge is 2.19. The number of benzene rings is 1. The first-order chi connectivity index (χ1) is 12.7. The van der Waals surface area contributed by atoms with Crippen molar-refractivity contribution >= 4 is 16.3 Å². The van der Waals surface area contributed by atoms with Gasteiger partial charge in [-0.2, -0.15) is 0 Å². The second kappa shape index (κ2) is 7.72. The number of rotatable bonds is 6. The van der Waals surface area contributed by atoms with E-state index in [1.807, 2.05) is 10.5 Å². The molecule has 5 heteroatoms. The number of fused-ring (bicyclic) bond motifs is 3. The molecule has 0 radical (unpaired) electrons. The van der Waals surface area contributed by atoms with Gasteiger partial charge in [0.2, 0.25) is 0 Å². The van der Waals surface area contributed by atoms with E-state index in [9.17, 15) is 4.79 Å². The highest BCUT2D eigenvalue weighted by molar-refractivity contribution is 7.17. The SMILES string of the molecule is CCCN(Cc1ccccc1)Cc1cc(=O)n2c3c(sc2n1)CCCC3. The summed E-state index contributed by atoms with van der Waals surface area (Å²) < 4.78 is 1.85. The third-order valence-electron chi connectivity index (χ3n) is 4.99. The van der Waals surface area contributed by atoms with Crippen molar-refractivity contribution in [1.82, 2.24) is 14.3 Å². The number of hydrogen-bond acceptors (Lipinski definition) is 4. The van der Waals surface area contributed by atoms with Gasteiger partial charge in [-0.15, -0.1) is 11.3 Å². The van der Waals surface area contributed by atoms with E-state index < -0.39 is 0 Å². The molecule has 0 amide bonds. The van der Waals surface area contributed by atoms with Gasteiger partial charge < -0.3 is 0 Å². The topological polar surface area (TPSA) is 37.6 Å². The molecule has 1 aliphatic rings. The van der Waals surface area contributed by atoms with Gasteiger partial charge in [-0.1, -0.05) is 37.3 Å². The smallest absolute Gasteiger partial charge is 0.259 e. The first-order valence-corrected chi connectivity index (χ1v) is 10.4. The largest absolute Gasteiger partial charge is 0.293 e. The zero-order chi connectivity index (χ0) is 17.9. The number of aryl methyl sites for hydroxylation is 2. The molecule has 0 N–H and O–H groups in total. The Morgan fingerprint density at radius 3 is 2.77 bits per heavy atom. The maximum Gasteiger partial charge on any atom is 0.259 e. The Bertz CT molecular complexity index is 945. The van der Waals surface area contributed by atoms with E-state index in [1.54, 1.807) is 17.4 Å². The van der Waals surface area contributed by atoms with Crippen molar-refractivity contribution < 1.29 is 0 Å². The minimum Gasteiger partial charge on any atom is -0.293 e. The molecule has 0 saturated carbocycles. The second-order valence-electron chi connectivity index (χ2n) is 7.08. The maximum atomic E-state index is 12.7. The van der Waals surface area contributed by atoms with Crippen LogP contribution < -0.4 is 5.56 Å². The Morgan fingerprint density at radius 2 is 1.96 bits per heavy atom. The number of hydrogen-bond donors (Lipinski definition) is 0. The third kappa shape index (κ3) is 3.60. The average molecular weight is 368 g/mol. The van der Waals surface area contributed by atoms with Crippen LogP contribution in [-0.2, 0) is 25.9 Å². The Morgan fingerprint density at radius 1 is 1.15 bits per heavy atom. The fourth-order valence-corrected chi connectivity index (χ4v) is 5.06. The van der Waals surface area contributed by atoms with Crippen molar-refractivity contribution in [1.29, 1.82) is 0 Å². The standard InChI is InChI=1S/C21H25N3OS/c1-2-12-23(14-16-8-4-3-5-9-16)15-17-13-20(25)24-18-10-6-7-11-19(18)26-21(24)22-17/h3-5,8-9,13H,2,6-7,10-12,14-15H2,1H3. The zero-order valence-corrected chi connectivity index (χ0v) is 16.1. The molecule has 0 bridgehead atoms. The zero-order valence-electron chi connectivity index (χ0n) is 15.3. The molecule has 0 fully saturated rings. The number of nitrogens with zero attached hydrogens (tertiary/aromatic N) is 3. The molecule has 1 aliphatic carbocycles. The molecular weight excluding hydrogens is 342 g/mol. The second-order valence-corrected chi connectivity index (χ2v) is 8.14. The monoisotopic (exact) mass is 367 g/mol. The minimum atomic E-state index is 0.0839. The van der Waals surface area contributed by atoms with E-state index in [0.717, 1.165) is 49.6 Å². The van der Waals surface area contributed by atoms with Crippen molar-refractivity contribution in [3.05, 3.63) is 68.6 Å². The molecule has 1 aromatic carbocycles. The van der Waals surface area contributed by atoms with Crippen LogP contribution >= 0.6 is 11.3 Å². The summed E-state index contributed by atoms with van der Waals surface area (Å²) >= 11 is 1.71. The first kappa shape index (κ1) is 17.4. The maximum absolute atomic E-state index is 12.7. The van der Waals surface area contributed by atoms with E-state index in [4.69, 9.17) is 4.98 Å². The highest BCUT2D eigenvalue weighted by atomic mass is 32.1. The molecule has 0 spiro atoms. The predicted octanol–water partition coefficient (Wildman–Crippen LogP) is 4.05. The van der Waals surface area contributed by atoms with E-state index in [0.29, 0.717) is 0 Å². The lowest BCUT2D eigenvalue weighted by molar-refractivity contribution is 0.254. The van der Waals surface area contributed by atoms with E-state index in [1.165, 1.54) is 29.0 Å². The van der Waals surface area contributed by atoms with Gasteiger partial charge in [0.15, 0.2) is 4.96 Å². The van der Waals surface area contributed by atoms with Crippen LogP contribution in [0, 0.1) is 0 Å². The molecule has 0 aliphatic heterocycles. The minimum absolute atomic E-state index is 0.0839. The first-order valence-electron chi connectivity index (χ1n) is 9.54. The van der Waals surface area contributed by atoms with Crippen molar-refractivity contribution in [3.63, 3.8) is 0 Å². The summed E-state index contributed by atoms with van der Waals surface area (Å²) in [5, 5.41) is 0. The Labute approximate surface area is 158 Å². The van der Waals surface area contributed by atoms with Crippen molar-refractivity contribution in [2.45, 2.75) is 52.1 Å². The van der Waals surface area contributed by atoms with Gasteiger partial charge in [0.05, 0.1) is 5.69 Å². The summed E-state index contributed by atoms with van der Waals surface area (Å²) in [4.78, 5) is 22.2. The van der Waals surface area contributed by atoms with Crippen LogP contribution in [0.3, 0.4) is 0 Å². The molecule has 0 unspecified atom stereocenters. The molecule has 4 nitrogen and oxygen atoms in total. The number of thiazole rings is 1. The Balaban J connectivity index is 1.61. The quantitative estimate of drug-likeness (QED) is 0.660. The van der Waals surface area contributed by atoms with Crippen LogP contribution in [0.4, 0.5) is 0 Å². The predicted molar refractivity (Wildman–Crippen MR) is 107 cm³/mol. The van der Waals surface area contributed by atoms with E-state index >= 15 is 0 Å². The summed E-state index contributed by atoms with van der Waals surface area (Å²) in [6.45, 7) is 4.79. The molecule has 2 heterocycles. The summed E-state index contributed by atoms with van der Waals surface area (Å²) in [5.74, 6) is 0. The lowest BCUT2D eigenvalue weighted by atomic mass is 10.0. The Hall–Kier alpha value is -1.98. The van der Waals surface area contributed by atoms with Gasteiger partial charge in [0, 0.05) is 29.7 Å². The van der Waals surface area contributed by atoms with Crippen LogP contribution in [0.15, 0.2) is 41.2 Å². The summed E-state index contributed by atoms with van der Waals surface area (Å²) in [6, 6.07) is 12.2. The fraction of sp³-hybridized carbons (Fsp3) is 0.429. The van der Waals surface area contributed by atoms with Crippen molar-refractivity contribution in [2.24, 2.45) is 0 Å². The van der Waals surface area contributed by atoms with Crippen LogP contribution in [-0.4, -0.2) is 20.8 Å². The normalized spacial score (nSPS) is 14.1. The molecular formula is C21H25N3OS. The van der Waals surface area contributed by atoms with Crippen LogP contribution in [0.2, 0.25) is 0 Å². The fourth-order valence-electron chi connectivity index (χ4n) is 3.82. The lowest BCUT2D eigenvalue weighted by Gasteiger charge is -2.21. The molecule has 0 saturated heterocycles. The summed E-state index contributed by atoms with van der Waals surface area (Å²) in [7, 11) is 0. The van der Waals surface area contributed by atoms with Crippen molar-refractivity contribution in [3.8, 4) is 0 Å². The average Bonchev–Trinajstić information content (AvgIpc) is 3.01. The van der Waals surface area contributed by atoms with Gasteiger partial charge in [-0.3, -0.25) is 14.1 Å². The molecule has 3 aromatic rings. The van der Waals surface area contributed by atoms with Crippen molar-refractivity contribution in [2.75, 3.05) is 6.54 Å². The Kier molecular flexibility index (Phi) is 5.18. The third-order valence-corrected chi connectivity index (χ3v) is 6.13. The van der Waals surface area contributed by atoms with Crippen LogP contribution in [0.1, 0.15) is 48.0 Å². The van der Waals surface area contributed by atoms with Gasteiger partial charge in [-0.25, -0.2) is 4.98 Å². The summed E-state index contributed by atoms with van der Waals surface area (Å²) in [5.41, 5.74) is 3.47. The van der Waals surface area contributed by atoms with Gasteiger partial charge in [0.1, 0.15) is 0 Å². The summed E-state index contributed by atoms with van der Waals surface area (Å²) in [6.07, 6.45) is 5.58. The molecule has 4 rings (SSSR count).